The number of hydrogen-bond acceptors (Lipinski definition) is 6. The van der Waals surface area contributed by atoms with Gasteiger partial charge in [-0.05, 0) is 26.0 Å². The summed E-state index contributed by atoms with van der Waals surface area (Å²) in [6, 6.07) is 4.07. The van der Waals surface area contributed by atoms with Crippen LogP contribution in [-0.4, -0.2) is 47.6 Å². The lowest BCUT2D eigenvalue weighted by Gasteiger charge is -2.32. The van der Waals surface area contributed by atoms with Crippen molar-refractivity contribution in [2.24, 2.45) is 0 Å². The lowest BCUT2D eigenvalue weighted by molar-refractivity contribution is -0.129. The number of rotatable bonds is 3. The van der Waals surface area contributed by atoms with E-state index in [0.717, 1.165) is 39.4 Å². The number of pyridine rings is 1. The van der Waals surface area contributed by atoms with E-state index in [1.54, 1.807) is 4.90 Å². The fourth-order valence-electron chi connectivity index (χ4n) is 3.47. The van der Waals surface area contributed by atoms with E-state index in [9.17, 15) is 4.79 Å². The van der Waals surface area contributed by atoms with Gasteiger partial charge in [0.2, 0.25) is 5.91 Å². The molecule has 0 aliphatic carbocycles. The molecule has 0 saturated carbocycles. The maximum Gasteiger partial charge on any atom is 0.241 e. The molecule has 3 aromatic heterocycles. The molecule has 1 aliphatic heterocycles. The predicted octanol–water partition coefficient (Wildman–Crippen LogP) is 3.50. The second-order valence-electron chi connectivity index (χ2n) is 7.49. The number of hydrogen-bond donors (Lipinski definition) is 0. The first-order valence-electron chi connectivity index (χ1n) is 9.21. The molecule has 7 nitrogen and oxygen atoms in total. The van der Waals surface area contributed by atoms with Crippen LogP contribution in [0.5, 0.6) is 0 Å². The van der Waals surface area contributed by atoms with Gasteiger partial charge in [-0.1, -0.05) is 19.0 Å². The van der Waals surface area contributed by atoms with E-state index in [1.807, 2.05) is 31.9 Å². The SMILES string of the molecule is Cc1noc(C)c1-c1cc2cc(C(C)C)oc2c(N2CCN(C)C(=O)C2)n1. The van der Waals surface area contributed by atoms with E-state index in [1.165, 1.54) is 0 Å². The minimum Gasteiger partial charge on any atom is -0.457 e. The number of piperazine rings is 1. The van der Waals surface area contributed by atoms with Crippen molar-refractivity contribution in [1.29, 1.82) is 0 Å². The number of furan rings is 1. The molecular weight excluding hydrogens is 344 g/mol. The van der Waals surface area contributed by atoms with Crippen molar-refractivity contribution >= 4 is 22.7 Å². The van der Waals surface area contributed by atoms with E-state index in [-0.39, 0.29) is 11.8 Å². The summed E-state index contributed by atoms with van der Waals surface area (Å²) in [5.41, 5.74) is 3.21. The summed E-state index contributed by atoms with van der Waals surface area (Å²) < 4.78 is 11.5. The molecule has 27 heavy (non-hydrogen) atoms. The van der Waals surface area contributed by atoms with E-state index in [2.05, 4.69) is 25.1 Å². The normalized spacial score (nSPS) is 15.4. The Bertz CT molecular complexity index is 998. The van der Waals surface area contributed by atoms with Crippen molar-refractivity contribution in [3.8, 4) is 11.3 Å². The smallest absolute Gasteiger partial charge is 0.241 e. The number of anilines is 1. The van der Waals surface area contributed by atoms with Crippen molar-refractivity contribution < 1.29 is 13.7 Å². The first kappa shape index (κ1) is 17.6. The van der Waals surface area contributed by atoms with Crippen LogP contribution >= 0.6 is 0 Å². The highest BCUT2D eigenvalue weighted by molar-refractivity contribution is 5.93. The first-order chi connectivity index (χ1) is 12.8. The molecule has 0 bridgehead atoms. The number of aryl methyl sites for hydroxylation is 2. The van der Waals surface area contributed by atoms with Crippen molar-refractivity contribution in [1.82, 2.24) is 15.0 Å². The van der Waals surface area contributed by atoms with Gasteiger partial charge in [0.15, 0.2) is 11.4 Å². The molecule has 0 spiro atoms. The molecular formula is C20H24N4O3. The van der Waals surface area contributed by atoms with Gasteiger partial charge < -0.3 is 18.7 Å². The highest BCUT2D eigenvalue weighted by Crippen LogP contribution is 2.36. The molecule has 1 fully saturated rings. The van der Waals surface area contributed by atoms with Gasteiger partial charge in [-0.25, -0.2) is 4.98 Å². The van der Waals surface area contributed by atoms with E-state index in [4.69, 9.17) is 13.9 Å². The highest BCUT2D eigenvalue weighted by Gasteiger charge is 2.27. The number of carbonyl (C=O) groups excluding carboxylic acids is 1. The van der Waals surface area contributed by atoms with Crippen LogP contribution < -0.4 is 4.90 Å². The zero-order valence-electron chi connectivity index (χ0n) is 16.4. The van der Waals surface area contributed by atoms with Gasteiger partial charge in [0.1, 0.15) is 11.5 Å². The van der Waals surface area contributed by atoms with Crippen LogP contribution in [0.25, 0.3) is 22.2 Å². The van der Waals surface area contributed by atoms with Crippen LogP contribution in [0.3, 0.4) is 0 Å². The molecule has 1 aliphatic rings. The number of carbonyl (C=O) groups is 1. The average Bonchev–Trinajstić information content (AvgIpc) is 3.20. The Kier molecular flexibility index (Phi) is 4.17. The van der Waals surface area contributed by atoms with Gasteiger partial charge in [-0.2, -0.15) is 0 Å². The Labute approximate surface area is 157 Å². The molecule has 7 heteroatoms. The molecule has 0 unspecified atom stereocenters. The first-order valence-corrected chi connectivity index (χ1v) is 9.21. The van der Waals surface area contributed by atoms with Gasteiger partial charge in [0.25, 0.3) is 0 Å². The second kappa shape index (κ2) is 6.40. The molecule has 4 heterocycles. The third-order valence-electron chi connectivity index (χ3n) is 5.12. The van der Waals surface area contributed by atoms with Gasteiger partial charge >= 0.3 is 0 Å². The van der Waals surface area contributed by atoms with Gasteiger partial charge in [-0.3, -0.25) is 4.79 Å². The minimum atomic E-state index is 0.0783. The molecule has 1 amide bonds. The summed E-state index contributed by atoms with van der Waals surface area (Å²) in [7, 11) is 1.83. The summed E-state index contributed by atoms with van der Waals surface area (Å²) in [6.07, 6.45) is 0. The molecule has 3 aromatic rings. The summed E-state index contributed by atoms with van der Waals surface area (Å²) in [6.45, 7) is 9.66. The zero-order valence-corrected chi connectivity index (χ0v) is 16.4. The maximum absolute atomic E-state index is 12.3. The van der Waals surface area contributed by atoms with Crippen molar-refractivity contribution in [3.05, 3.63) is 29.3 Å². The fourth-order valence-corrected chi connectivity index (χ4v) is 3.47. The molecule has 142 valence electrons. The largest absolute Gasteiger partial charge is 0.457 e. The minimum absolute atomic E-state index is 0.0783. The van der Waals surface area contributed by atoms with Gasteiger partial charge in [0, 0.05) is 31.4 Å². The topological polar surface area (TPSA) is 75.6 Å². The van der Waals surface area contributed by atoms with Crippen molar-refractivity contribution in [2.45, 2.75) is 33.6 Å². The highest BCUT2D eigenvalue weighted by atomic mass is 16.5. The number of nitrogens with zero attached hydrogens (tertiary/aromatic N) is 4. The third kappa shape index (κ3) is 2.97. The summed E-state index contributed by atoms with van der Waals surface area (Å²) in [5, 5.41) is 5.03. The fraction of sp³-hybridized carbons (Fsp3) is 0.450. The number of likely N-dealkylation sites (N-methyl/N-ethyl adjacent to an activating group) is 1. The number of amides is 1. The van der Waals surface area contributed by atoms with Crippen molar-refractivity contribution in [3.63, 3.8) is 0 Å². The number of fused-ring (bicyclic) bond motifs is 1. The van der Waals surface area contributed by atoms with Crippen LogP contribution in [-0.2, 0) is 4.79 Å². The van der Waals surface area contributed by atoms with Crippen LogP contribution in [0.4, 0.5) is 5.82 Å². The number of aromatic nitrogens is 2. The van der Waals surface area contributed by atoms with Gasteiger partial charge in [-0.15, -0.1) is 0 Å². The molecule has 0 N–H and O–H groups in total. The Morgan fingerprint density at radius 1 is 1.19 bits per heavy atom. The zero-order chi connectivity index (χ0) is 19.3. The quantitative estimate of drug-likeness (QED) is 0.704. The van der Waals surface area contributed by atoms with E-state index in [0.29, 0.717) is 25.5 Å². The standard InChI is InChI=1S/C20H24N4O3/c1-11(2)16-9-14-8-15(18-12(3)22-27-13(18)4)21-20(19(14)26-16)24-7-6-23(5)17(25)10-24/h8-9,11H,6-7,10H2,1-5H3. The predicted molar refractivity (Wildman–Crippen MR) is 103 cm³/mol. The van der Waals surface area contributed by atoms with Crippen LogP contribution in [0.1, 0.15) is 37.0 Å². The van der Waals surface area contributed by atoms with E-state index >= 15 is 0 Å². The summed E-state index contributed by atoms with van der Waals surface area (Å²) >= 11 is 0. The monoisotopic (exact) mass is 368 g/mol. The molecule has 0 aromatic carbocycles. The Morgan fingerprint density at radius 2 is 1.96 bits per heavy atom. The lowest BCUT2D eigenvalue weighted by atomic mass is 10.1. The van der Waals surface area contributed by atoms with Crippen LogP contribution in [0.15, 0.2) is 21.1 Å². The Morgan fingerprint density at radius 3 is 2.59 bits per heavy atom. The summed E-state index contributed by atoms with van der Waals surface area (Å²) in [4.78, 5) is 20.9. The Balaban J connectivity index is 1.91. The Hall–Kier alpha value is -2.83. The van der Waals surface area contributed by atoms with Gasteiger partial charge in [0.05, 0.1) is 23.5 Å². The second-order valence-corrected chi connectivity index (χ2v) is 7.49. The average molecular weight is 368 g/mol. The maximum atomic E-state index is 12.3. The molecule has 0 radical (unpaired) electrons. The molecule has 4 rings (SSSR count). The van der Waals surface area contributed by atoms with Crippen molar-refractivity contribution in [2.75, 3.05) is 31.6 Å². The third-order valence-corrected chi connectivity index (χ3v) is 5.12. The molecule has 1 saturated heterocycles. The van der Waals surface area contributed by atoms with E-state index < -0.39 is 0 Å². The lowest BCUT2D eigenvalue weighted by Crippen LogP contribution is -2.48. The van der Waals surface area contributed by atoms with Crippen LogP contribution in [0.2, 0.25) is 0 Å². The van der Waals surface area contributed by atoms with Crippen LogP contribution in [0, 0.1) is 13.8 Å². The molecule has 0 atom stereocenters. The summed E-state index contributed by atoms with van der Waals surface area (Å²) in [5.74, 6) is 2.68.